The molecule has 3 amide bonds. The summed E-state index contributed by atoms with van der Waals surface area (Å²) in [6, 6.07) is 4.40. The van der Waals surface area contributed by atoms with E-state index in [9.17, 15) is 22.4 Å². The van der Waals surface area contributed by atoms with Gasteiger partial charge in [0.2, 0.25) is 0 Å². The van der Waals surface area contributed by atoms with Crippen LogP contribution in [0.25, 0.3) is 5.57 Å². The summed E-state index contributed by atoms with van der Waals surface area (Å²) < 4.78 is 41.9. The molecule has 0 unspecified atom stereocenters. The Labute approximate surface area is 180 Å². The van der Waals surface area contributed by atoms with Crippen molar-refractivity contribution in [2.75, 3.05) is 46.8 Å². The van der Waals surface area contributed by atoms with Gasteiger partial charge in [-0.15, -0.1) is 0 Å². The van der Waals surface area contributed by atoms with Crippen molar-refractivity contribution in [3.05, 3.63) is 41.7 Å². The second-order valence-corrected chi connectivity index (χ2v) is 9.46. The van der Waals surface area contributed by atoms with E-state index in [0.29, 0.717) is 6.42 Å². The molecule has 3 rings (SSSR count). The Kier molecular flexibility index (Phi) is 6.94. The highest BCUT2D eigenvalue weighted by atomic mass is 32.2. The summed E-state index contributed by atoms with van der Waals surface area (Å²) in [5.74, 6) is -1.25. The van der Waals surface area contributed by atoms with Gasteiger partial charge in [-0.2, -0.15) is 17.0 Å². The zero-order valence-corrected chi connectivity index (χ0v) is 18.2. The molecular formula is C19H26FN5O5S. The van der Waals surface area contributed by atoms with E-state index in [1.165, 1.54) is 31.7 Å². The zero-order valence-electron chi connectivity index (χ0n) is 17.4. The molecule has 0 radical (unpaired) electrons. The minimum absolute atomic E-state index is 0.0783. The first-order valence-electron chi connectivity index (χ1n) is 9.77. The van der Waals surface area contributed by atoms with Gasteiger partial charge in [-0.1, -0.05) is 18.2 Å². The Hall–Kier alpha value is -2.54. The summed E-state index contributed by atoms with van der Waals surface area (Å²) >= 11 is 0. The molecule has 2 aliphatic heterocycles. The van der Waals surface area contributed by atoms with Crippen LogP contribution in [0.15, 0.2) is 30.3 Å². The van der Waals surface area contributed by atoms with Crippen LogP contribution in [0.4, 0.5) is 9.18 Å². The Morgan fingerprint density at radius 1 is 1.16 bits per heavy atom. The monoisotopic (exact) mass is 455 g/mol. The minimum atomic E-state index is -4.03. The van der Waals surface area contributed by atoms with Crippen LogP contribution in [0.3, 0.4) is 0 Å². The fourth-order valence-electron chi connectivity index (χ4n) is 3.72. The van der Waals surface area contributed by atoms with Crippen molar-refractivity contribution >= 4 is 27.7 Å². The van der Waals surface area contributed by atoms with Gasteiger partial charge in [0, 0.05) is 46.8 Å². The zero-order chi connectivity index (χ0) is 22.8. The number of hydroxylamine groups is 1. The molecule has 10 nitrogen and oxygen atoms in total. The molecule has 1 saturated heterocycles. The number of piperazine rings is 1. The first kappa shape index (κ1) is 23.1. The number of hydrogen-bond acceptors (Lipinski definition) is 5. The molecule has 1 fully saturated rings. The van der Waals surface area contributed by atoms with Gasteiger partial charge in [-0.3, -0.25) is 10.0 Å². The third-order valence-electron chi connectivity index (χ3n) is 5.41. The molecule has 12 heteroatoms. The summed E-state index contributed by atoms with van der Waals surface area (Å²) in [7, 11) is -0.911. The molecule has 0 saturated carbocycles. The first-order chi connectivity index (χ1) is 14.6. The lowest BCUT2D eigenvalue weighted by molar-refractivity contribution is -0.134. The molecule has 0 aromatic heterocycles. The average molecular weight is 456 g/mol. The van der Waals surface area contributed by atoms with E-state index in [4.69, 9.17) is 5.21 Å². The molecule has 1 aromatic carbocycles. The lowest BCUT2D eigenvalue weighted by atomic mass is 10.0. The third-order valence-corrected chi connectivity index (χ3v) is 7.42. The molecule has 2 aliphatic rings. The highest BCUT2D eigenvalue weighted by molar-refractivity contribution is 7.86. The van der Waals surface area contributed by atoms with Crippen LogP contribution >= 0.6 is 0 Å². The molecule has 2 N–H and O–H groups in total. The smallest absolute Gasteiger partial charge is 0.319 e. The van der Waals surface area contributed by atoms with Crippen molar-refractivity contribution in [2.24, 2.45) is 0 Å². The largest absolute Gasteiger partial charge is 0.331 e. The summed E-state index contributed by atoms with van der Waals surface area (Å²) in [6.45, 7) is 0.156. The second kappa shape index (κ2) is 9.30. The van der Waals surface area contributed by atoms with Crippen molar-refractivity contribution in [2.45, 2.75) is 12.5 Å². The van der Waals surface area contributed by atoms with Gasteiger partial charge in [-0.25, -0.2) is 14.7 Å². The van der Waals surface area contributed by atoms with E-state index in [1.54, 1.807) is 32.3 Å². The maximum Gasteiger partial charge on any atom is 0.319 e. The molecule has 31 heavy (non-hydrogen) atoms. The van der Waals surface area contributed by atoms with Gasteiger partial charge in [0.25, 0.3) is 16.1 Å². The molecular weight excluding hydrogens is 429 g/mol. The van der Waals surface area contributed by atoms with Crippen molar-refractivity contribution in [1.29, 1.82) is 0 Å². The molecule has 0 bridgehead atoms. The normalized spacial score (nSPS) is 20.8. The number of nitrogens with zero attached hydrogens (tertiary/aromatic N) is 4. The number of carbonyl (C=O) groups is 2. The van der Waals surface area contributed by atoms with E-state index in [1.807, 2.05) is 0 Å². The van der Waals surface area contributed by atoms with Gasteiger partial charge in [-0.05, 0) is 29.7 Å². The Morgan fingerprint density at radius 2 is 1.84 bits per heavy atom. The second-order valence-electron chi connectivity index (χ2n) is 7.58. The summed E-state index contributed by atoms with van der Waals surface area (Å²) in [4.78, 5) is 27.2. The molecule has 170 valence electrons. The standard InChI is InChI=1S/C19H26FN5O5S/c1-22(2)19(27)23-11-12-25(17(13-23)18(26)21-28)31(29,30)24-9-7-15(8-10-24)14-3-5-16(20)6-4-14/h3-7,17,28H,8-13H2,1-2H3,(H,21,26)/t17-/m1/s1. The number of halogens is 1. The summed E-state index contributed by atoms with van der Waals surface area (Å²) in [5.41, 5.74) is 3.24. The van der Waals surface area contributed by atoms with Crippen LogP contribution in [-0.2, 0) is 15.0 Å². The summed E-state index contributed by atoms with van der Waals surface area (Å²) in [6.07, 6.45) is 2.20. The molecule has 1 aromatic rings. The van der Waals surface area contributed by atoms with Gasteiger partial charge in [0.15, 0.2) is 0 Å². The highest BCUT2D eigenvalue weighted by Gasteiger charge is 2.43. The lowest BCUT2D eigenvalue weighted by Gasteiger charge is -2.42. The number of carbonyl (C=O) groups excluding carboxylic acids is 2. The van der Waals surface area contributed by atoms with Gasteiger partial charge in [0.1, 0.15) is 11.9 Å². The fraction of sp³-hybridized carbons (Fsp3) is 0.474. The third kappa shape index (κ3) is 4.87. The van der Waals surface area contributed by atoms with E-state index < -0.39 is 22.2 Å². The minimum Gasteiger partial charge on any atom is -0.331 e. The number of amides is 3. The molecule has 0 aliphatic carbocycles. The Morgan fingerprint density at radius 3 is 2.39 bits per heavy atom. The number of rotatable bonds is 4. The summed E-state index contributed by atoms with van der Waals surface area (Å²) in [5, 5.41) is 9.11. The molecule has 1 atom stereocenters. The van der Waals surface area contributed by atoms with Crippen molar-refractivity contribution in [1.82, 2.24) is 23.9 Å². The van der Waals surface area contributed by atoms with Crippen LogP contribution in [0.5, 0.6) is 0 Å². The van der Waals surface area contributed by atoms with Gasteiger partial charge in [0.05, 0.1) is 0 Å². The van der Waals surface area contributed by atoms with Gasteiger partial charge >= 0.3 is 6.03 Å². The van der Waals surface area contributed by atoms with Gasteiger partial charge < -0.3 is 9.80 Å². The maximum absolute atomic E-state index is 13.3. The van der Waals surface area contributed by atoms with Crippen LogP contribution in [0.2, 0.25) is 0 Å². The van der Waals surface area contributed by atoms with E-state index in [2.05, 4.69) is 0 Å². The lowest BCUT2D eigenvalue weighted by Crippen LogP contribution is -2.64. The topological polar surface area (TPSA) is 114 Å². The SMILES string of the molecule is CN(C)C(=O)N1CCN(S(=O)(=O)N2CC=C(c3ccc(F)cc3)CC2)[C@@H](C(=O)NO)C1. The van der Waals surface area contributed by atoms with Crippen molar-refractivity contribution in [3.8, 4) is 0 Å². The van der Waals surface area contributed by atoms with Crippen LogP contribution < -0.4 is 5.48 Å². The van der Waals surface area contributed by atoms with Crippen molar-refractivity contribution in [3.63, 3.8) is 0 Å². The number of hydrogen-bond donors (Lipinski definition) is 2. The average Bonchev–Trinajstić information content (AvgIpc) is 2.78. The first-order valence-corrected chi connectivity index (χ1v) is 11.2. The fourth-order valence-corrected chi connectivity index (χ4v) is 5.40. The van der Waals surface area contributed by atoms with E-state index in [0.717, 1.165) is 15.4 Å². The van der Waals surface area contributed by atoms with E-state index >= 15 is 0 Å². The van der Waals surface area contributed by atoms with E-state index in [-0.39, 0.29) is 44.6 Å². The molecule has 2 heterocycles. The molecule has 0 spiro atoms. The maximum atomic E-state index is 13.3. The van der Waals surface area contributed by atoms with Crippen LogP contribution in [0, 0.1) is 5.82 Å². The Balaban J connectivity index is 1.77. The number of nitrogens with one attached hydrogen (secondary N) is 1. The number of benzene rings is 1. The predicted molar refractivity (Wildman–Crippen MR) is 111 cm³/mol. The quantitative estimate of drug-likeness (QED) is 0.502. The van der Waals surface area contributed by atoms with Crippen LogP contribution in [-0.4, -0.2) is 96.8 Å². The Bertz CT molecular complexity index is 966. The van der Waals surface area contributed by atoms with Crippen molar-refractivity contribution < 1.29 is 27.6 Å². The predicted octanol–water partition coefficient (Wildman–Crippen LogP) is 0.333. The number of urea groups is 1. The van der Waals surface area contributed by atoms with Crippen LogP contribution in [0.1, 0.15) is 12.0 Å². The highest BCUT2D eigenvalue weighted by Crippen LogP contribution is 2.26.